The first-order valence-electron chi connectivity index (χ1n) is 6.71. The Morgan fingerprint density at radius 2 is 1.86 bits per heavy atom. The number of hydrogen-bond donors (Lipinski definition) is 1. The van der Waals surface area contributed by atoms with Gasteiger partial charge in [-0.1, -0.05) is 24.3 Å². The van der Waals surface area contributed by atoms with Gasteiger partial charge in [-0.2, -0.15) is 0 Å². The van der Waals surface area contributed by atoms with Gasteiger partial charge < -0.3 is 10.0 Å². The van der Waals surface area contributed by atoms with Crippen LogP contribution in [0, 0.1) is 5.82 Å². The van der Waals surface area contributed by atoms with Gasteiger partial charge in [-0.25, -0.2) is 4.39 Å². The van der Waals surface area contributed by atoms with Gasteiger partial charge in [0.1, 0.15) is 11.6 Å². The van der Waals surface area contributed by atoms with E-state index in [0.717, 1.165) is 5.56 Å². The summed E-state index contributed by atoms with van der Waals surface area (Å²) in [5.41, 5.74) is 1.21. The minimum Gasteiger partial charge on any atom is -0.508 e. The van der Waals surface area contributed by atoms with Crippen LogP contribution in [-0.2, 0) is 0 Å². The number of benzene rings is 2. The van der Waals surface area contributed by atoms with Gasteiger partial charge in [0.25, 0.3) is 0 Å². The number of ketones is 1. The smallest absolute Gasteiger partial charge is 0.171 e. The Morgan fingerprint density at radius 3 is 2.43 bits per heavy atom. The fourth-order valence-corrected chi connectivity index (χ4v) is 2.26. The molecule has 0 radical (unpaired) electrons. The third kappa shape index (κ3) is 3.89. The van der Waals surface area contributed by atoms with Crippen molar-refractivity contribution < 1.29 is 14.3 Å². The van der Waals surface area contributed by atoms with Crippen LogP contribution in [0.1, 0.15) is 21.8 Å². The number of carbonyl (C=O) groups is 1. The average Bonchev–Trinajstić information content (AvgIpc) is 2.45. The lowest BCUT2D eigenvalue weighted by Crippen LogP contribution is -2.26. The van der Waals surface area contributed by atoms with Crippen LogP contribution >= 0.6 is 0 Å². The van der Waals surface area contributed by atoms with E-state index in [2.05, 4.69) is 0 Å². The number of aromatic hydroxyl groups is 1. The standard InChI is InChI=1S/C17H18FNO2/c1-19(2)11-16(12-6-8-14(18)9-7-12)17(21)13-4-3-5-15(20)10-13/h3-10,16,20H,11H2,1-2H3. The summed E-state index contributed by atoms with van der Waals surface area (Å²) in [6.07, 6.45) is 0. The fourth-order valence-electron chi connectivity index (χ4n) is 2.26. The third-order valence-electron chi connectivity index (χ3n) is 3.27. The molecular formula is C17H18FNO2. The van der Waals surface area contributed by atoms with Crippen LogP contribution in [0.15, 0.2) is 48.5 Å². The van der Waals surface area contributed by atoms with E-state index in [0.29, 0.717) is 12.1 Å². The van der Waals surface area contributed by atoms with Gasteiger partial charge in [0.15, 0.2) is 5.78 Å². The molecule has 1 N–H and O–H groups in total. The van der Waals surface area contributed by atoms with Gasteiger partial charge in [0.05, 0.1) is 5.92 Å². The zero-order valence-corrected chi connectivity index (χ0v) is 12.1. The number of Topliss-reactive ketones (excluding diaryl/α,β-unsaturated/α-hetero) is 1. The van der Waals surface area contributed by atoms with Gasteiger partial charge in [-0.15, -0.1) is 0 Å². The first-order valence-corrected chi connectivity index (χ1v) is 6.71. The van der Waals surface area contributed by atoms with Crippen LogP contribution in [-0.4, -0.2) is 36.4 Å². The fraction of sp³-hybridized carbons (Fsp3) is 0.235. The van der Waals surface area contributed by atoms with Gasteiger partial charge in [0.2, 0.25) is 0 Å². The number of phenolic OH excluding ortho intramolecular Hbond substituents is 1. The van der Waals surface area contributed by atoms with Crippen molar-refractivity contribution in [2.45, 2.75) is 5.92 Å². The number of likely N-dealkylation sites (N-methyl/N-ethyl adjacent to an activating group) is 1. The SMILES string of the molecule is CN(C)CC(C(=O)c1cccc(O)c1)c1ccc(F)cc1. The van der Waals surface area contributed by atoms with Crippen molar-refractivity contribution >= 4 is 5.78 Å². The molecule has 1 atom stereocenters. The van der Waals surface area contributed by atoms with Crippen LogP contribution in [0.25, 0.3) is 0 Å². The van der Waals surface area contributed by atoms with Crippen molar-refractivity contribution in [1.82, 2.24) is 4.90 Å². The van der Waals surface area contributed by atoms with Crippen molar-refractivity contribution in [3.63, 3.8) is 0 Å². The molecule has 0 amide bonds. The number of hydrogen-bond acceptors (Lipinski definition) is 3. The maximum atomic E-state index is 13.1. The molecule has 2 aromatic carbocycles. The minimum absolute atomic E-state index is 0.0589. The van der Waals surface area contributed by atoms with E-state index in [1.54, 1.807) is 24.3 Å². The molecule has 4 heteroatoms. The maximum Gasteiger partial charge on any atom is 0.171 e. The van der Waals surface area contributed by atoms with E-state index in [4.69, 9.17) is 0 Å². The van der Waals surface area contributed by atoms with Gasteiger partial charge in [0, 0.05) is 12.1 Å². The van der Waals surface area contributed by atoms with Crippen molar-refractivity contribution in [1.29, 1.82) is 0 Å². The molecule has 0 aliphatic rings. The highest BCUT2D eigenvalue weighted by Crippen LogP contribution is 2.24. The third-order valence-corrected chi connectivity index (χ3v) is 3.27. The lowest BCUT2D eigenvalue weighted by atomic mass is 9.90. The molecule has 0 aliphatic heterocycles. The highest BCUT2D eigenvalue weighted by Gasteiger charge is 2.23. The van der Waals surface area contributed by atoms with E-state index >= 15 is 0 Å². The Morgan fingerprint density at radius 1 is 1.19 bits per heavy atom. The molecule has 0 heterocycles. The molecule has 0 aliphatic carbocycles. The zero-order chi connectivity index (χ0) is 15.4. The van der Waals surface area contributed by atoms with E-state index < -0.39 is 5.92 Å². The topological polar surface area (TPSA) is 40.5 Å². The first kappa shape index (κ1) is 15.2. The Labute approximate surface area is 123 Å². The van der Waals surface area contributed by atoms with Gasteiger partial charge in [-0.3, -0.25) is 4.79 Å². The molecule has 3 nitrogen and oxygen atoms in total. The second kappa shape index (κ2) is 6.50. The molecule has 0 saturated carbocycles. The summed E-state index contributed by atoms with van der Waals surface area (Å²) in [5.74, 6) is -0.760. The van der Waals surface area contributed by atoms with Crippen LogP contribution < -0.4 is 0 Å². The minimum atomic E-state index is -0.401. The maximum absolute atomic E-state index is 13.1. The Balaban J connectivity index is 2.35. The second-order valence-corrected chi connectivity index (χ2v) is 5.28. The monoisotopic (exact) mass is 287 g/mol. The first-order chi connectivity index (χ1) is 9.97. The van der Waals surface area contributed by atoms with Crippen LogP contribution in [0.3, 0.4) is 0 Å². The molecule has 0 spiro atoms. The average molecular weight is 287 g/mol. The highest BCUT2D eigenvalue weighted by molar-refractivity contribution is 6.01. The summed E-state index contributed by atoms with van der Waals surface area (Å²) in [5, 5.41) is 9.52. The van der Waals surface area contributed by atoms with Crippen molar-refractivity contribution in [3.8, 4) is 5.75 Å². The van der Waals surface area contributed by atoms with Gasteiger partial charge in [-0.05, 0) is 43.9 Å². The molecule has 0 aromatic heterocycles. The number of halogens is 1. The summed E-state index contributed by atoms with van der Waals surface area (Å²) in [6, 6.07) is 12.3. The summed E-state index contributed by atoms with van der Waals surface area (Å²) in [4.78, 5) is 14.6. The number of rotatable bonds is 5. The molecule has 2 aromatic rings. The van der Waals surface area contributed by atoms with Crippen molar-refractivity contribution in [2.75, 3.05) is 20.6 Å². The summed E-state index contributed by atoms with van der Waals surface area (Å²) < 4.78 is 13.1. The Kier molecular flexibility index (Phi) is 4.70. The summed E-state index contributed by atoms with van der Waals surface area (Å²) >= 11 is 0. The van der Waals surface area contributed by atoms with Crippen LogP contribution in [0.2, 0.25) is 0 Å². The Bertz CT molecular complexity index is 623. The zero-order valence-electron chi connectivity index (χ0n) is 12.1. The molecule has 0 saturated heterocycles. The largest absolute Gasteiger partial charge is 0.508 e. The molecule has 0 bridgehead atoms. The van der Waals surface area contributed by atoms with Crippen LogP contribution in [0.5, 0.6) is 5.75 Å². The molecule has 110 valence electrons. The van der Waals surface area contributed by atoms with E-state index in [1.807, 2.05) is 19.0 Å². The quantitative estimate of drug-likeness (QED) is 0.859. The van der Waals surface area contributed by atoms with Crippen molar-refractivity contribution in [2.24, 2.45) is 0 Å². The van der Waals surface area contributed by atoms with Crippen LogP contribution in [0.4, 0.5) is 4.39 Å². The summed E-state index contributed by atoms with van der Waals surface area (Å²) in [6.45, 7) is 0.514. The predicted molar refractivity (Wildman–Crippen MR) is 80.1 cm³/mol. The summed E-state index contributed by atoms with van der Waals surface area (Å²) in [7, 11) is 3.76. The van der Waals surface area contributed by atoms with E-state index in [1.165, 1.54) is 24.3 Å². The highest BCUT2D eigenvalue weighted by atomic mass is 19.1. The molecule has 2 rings (SSSR count). The second-order valence-electron chi connectivity index (χ2n) is 5.28. The number of phenols is 1. The van der Waals surface area contributed by atoms with Gasteiger partial charge >= 0.3 is 0 Å². The molecular weight excluding hydrogens is 269 g/mol. The van der Waals surface area contributed by atoms with E-state index in [9.17, 15) is 14.3 Å². The molecule has 21 heavy (non-hydrogen) atoms. The Hall–Kier alpha value is -2.20. The predicted octanol–water partition coefficient (Wildman–Crippen LogP) is 3.06. The van der Waals surface area contributed by atoms with Crippen molar-refractivity contribution in [3.05, 3.63) is 65.5 Å². The lowest BCUT2D eigenvalue weighted by Gasteiger charge is -2.20. The van der Waals surface area contributed by atoms with E-state index in [-0.39, 0.29) is 17.3 Å². The molecule has 1 unspecified atom stereocenters. The number of nitrogens with zero attached hydrogens (tertiary/aromatic N) is 1. The molecule has 0 fully saturated rings. The lowest BCUT2D eigenvalue weighted by molar-refractivity contribution is 0.0944. The normalized spacial score (nSPS) is 12.4. The number of carbonyl (C=O) groups excluding carboxylic acids is 1.